The SMILES string of the molecule is CNC(=O)c1cccc(N)c1.CNC(=O)c1cccc(NCS(=O)(=O)Cc2ccc3cnccc3c2)c1.CO.O=S(=O)(CCl)Cc1ccc2cnccc2c1. The molecule has 6 N–H and O–H groups in total. The molecule has 0 aliphatic heterocycles. The number of halogens is 1. The van der Waals surface area contributed by atoms with Crippen molar-refractivity contribution in [2.45, 2.75) is 11.5 Å². The summed E-state index contributed by atoms with van der Waals surface area (Å²) in [5, 5.41) is 18.5. The van der Waals surface area contributed by atoms with E-state index in [1.54, 1.807) is 99.5 Å². The molecular formula is C39H43ClN6O7S2. The minimum atomic E-state index is -3.37. The predicted molar refractivity (Wildman–Crippen MR) is 220 cm³/mol. The third kappa shape index (κ3) is 14.3. The fourth-order valence-corrected chi connectivity index (χ4v) is 7.15. The van der Waals surface area contributed by atoms with Crippen LogP contribution in [0.3, 0.4) is 0 Å². The Bertz CT molecular complexity index is 2430. The molecule has 6 aromatic rings. The normalized spacial score (nSPS) is 10.7. The van der Waals surface area contributed by atoms with E-state index in [2.05, 4.69) is 25.9 Å². The molecule has 55 heavy (non-hydrogen) atoms. The van der Waals surface area contributed by atoms with Crippen LogP contribution in [0.25, 0.3) is 21.5 Å². The van der Waals surface area contributed by atoms with Crippen LogP contribution in [0.5, 0.6) is 0 Å². The monoisotopic (exact) mass is 806 g/mol. The molecule has 290 valence electrons. The van der Waals surface area contributed by atoms with Crippen LogP contribution in [-0.2, 0) is 31.2 Å². The van der Waals surface area contributed by atoms with Gasteiger partial charge in [0.15, 0.2) is 19.7 Å². The summed E-state index contributed by atoms with van der Waals surface area (Å²) < 4.78 is 47.6. The van der Waals surface area contributed by atoms with E-state index in [1.165, 1.54) is 0 Å². The van der Waals surface area contributed by atoms with Crippen molar-refractivity contribution in [3.63, 3.8) is 0 Å². The lowest BCUT2D eigenvalue weighted by molar-refractivity contribution is 0.0955. The number of aliphatic hydroxyl groups is 1. The van der Waals surface area contributed by atoms with Crippen molar-refractivity contribution in [2.75, 3.05) is 43.3 Å². The molecule has 0 radical (unpaired) electrons. The molecule has 0 saturated carbocycles. The number of amides is 2. The molecule has 6 rings (SSSR count). The highest BCUT2D eigenvalue weighted by Crippen LogP contribution is 2.19. The first kappa shape index (κ1) is 43.8. The van der Waals surface area contributed by atoms with Crippen molar-refractivity contribution in [2.24, 2.45) is 0 Å². The van der Waals surface area contributed by atoms with Crippen LogP contribution >= 0.6 is 11.6 Å². The Morgan fingerprint density at radius 1 is 0.655 bits per heavy atom. The van der Waals surface area contributed by atoms with Crippen molar-refractivity contribution in [1.29, 1.82) is 0 Å². The van der Waals surface area contributed by atoms with Gasteiger partial charge in [-0.05, 0) is 70.4 Å². The van der Waals surface area contributed by atoms with E-state index in [0.29, 0.717) is 22.5 Å². The maximum atomic E-state index is 12.4. The average molecular weight is 807 g/mol. The number of rotatable bonds is 10. The van der Waals surface area contributed by atoms with Crippen molar-refractivity contribution in [3.8, 4) is 0 Å². The second-order valence-corrected chi connectivity index (χ2v) is 16.4. The summed E-state index contributed by atoms with van der Waals surface area (Å²) in [6.45, 7) is 0. The smallest absolute Gasteiger partial charge is 0.251 e. The van der Waals surface area contributed by atoms with Gasteiger partial charge in [0.05, 0.1) is 11.5 Å². The maximum absolute atomic E-state index is 12.4. The molecule has 0 aliphatic carbocycles. The molecule has 16 heteroatoms. The van der Waals surface area contributed by atoms with Gasteiger partial charge in [0.2, 0.25) is 0 Å². The molecule has 0 bridgehead atoms. The quantitative estimate of drug-likeness (QED) is 0.0902. The molecule has 4 aromatic carbocycles. The van der Waals surface area contributed by atoms with Gasteiger partial charge in [-0.25, -0.2) is 16.8 Å². The Morgan fingerprint density at radius 2 is 1.15 bits per heavy atom. The minimum absolute atomic E-state index is 0.0191. The number of carbonyl (C=O) groups is 2. The second kappa shape index (κ2) is 21.3. The third-order valence-electron chi connectivity index (χ3n) is 7.57. The second-order valence-electron chi connectivity index (χ2n) is 11.7. The number of nitrogens with one attached hydrogen (secondary N) is 3. The molecule has 0 spiro atoms. The molecule has 2 aromatic heterocycles. The maximum Gasteiger partial charge on any atom is 0.251 e. The lowest BCUT2D eigenvalue weighted by atomic mass is 10.1. The van der Waals surface area contributed by atoms with E-state index in [9.17, 15) is 26.4 Å². The highest BCUT2D eigenvalue weighted by Gasteiger charge is 2.14. The number of nitrogen functional groups attached to an aromatic ring is 1. The number of carbonyl (C=O) groups excluding carboxylic acids is 2. The zero-order valence-corrected chi connectivity index (χ0v) is 32.8. The number of hydrogen-bond acceptors (Lipinski definition) is 11. The van der Waals surface area contributed by atoms with Crippen LogP contribution in [0.1, 0.15) is 31.8 Å². The molecule has 0 saturated heterocycles. The molecule has 2 heterocycles. The van der Waals surface area contributed by atoms with Crippen molar-refractivity contribution < 1.29 is 31.5 Å². The standard InChI is InChI=1S/C19H19N3O3S.C11H10ClNO2S.C8H10N2O.CH4O/c1-20-19(23)16-3-2-4-18(10-16)22-13-26(24,25)12-14-5-6-17-11-21-8-7-15(17)9-14;12-8-16(14,15)7-9-1-2-11-6-13-4-3-10(11)5-9;1-10-8(11)6-3-2-4-7(9)5-6;1-2/h2-11,22H,12-13H2,1H3,(H,20,23);1-6H,7-8H2;2-5H,9H2,1H3,(H,10,11);2H,1H3. The van der Waals surface area contributed by atoms with Crippen LogP contribution < -0.4 is 21.7 Å². The number of fused-ring (bicyclic) bond motifs is 2. The van der Waals surface area contributed by atoms with Crippen LogP contribution in [0.4, 0.5) is 11.4 Å². The van der Waals surface area contributed by atoms with E-state index in [1.807, 2.05) is 36.4 Å². The van der Waals surface area contributed by atoms with Gasteiger partial charge in [-0.3, -0.25) is 19.6 Å². The van der Waals surface area contributed by atoms with Gasteiger partial charge in [-0.15, -0.1) is 11.6 Å². The largest absolute Gasteiger partial charge is 0.400 e. The van der Waals surface area contributed by atoms with Crippen LogP contribution in [-0.4, -0.2) is 76.0 Å². The van der Waals surface area contributed by atoms with Gasteiger partial charge in [-0.1, -0.05) is 48.5 Å². The first-order valence-corrected chi connectivity index (χ1v) is 20.7. The Balaban J connectivity index is 0.000000238. The third-order valence-corrected chi connectivity index (χ3v) is 11.0. The molecule has 13 nitrogen and oxygen atoms in total. The summed E-state index contributed by atoms with van der Waals surface area (Å²) in [4.78, 5) is 30.7. The molecule has 2 amide bonds. The van der Waals surface area contributed by atoms with Crippen LogP contribution in [0.15, 0.2) is 122 Å². The number of hydrogen-bond donors (Lipinski definition) is 5. The highest BCUT2D eigenvalue weighted by molar-refractivity contribution is 7.91. The van der Waals surface area contributed by atoms with E-state index in [4.69, 9.17) is 22.4 Å². The molecule has 0 aliphatic rings. The first-order chi connectivity index (χ1) is 26.3. The van der Waals surface area contributed by atoms with E-state index in [0.717, 1.165) is 39.8 Å². The van der Waals surface area contributed by atoms with Gasteiger partial charge in [0.1, 0.15) is 11.1 Å². The molecular weight excluding hydrogens is 764 g/mol. The summed E-state index contributed by atoms with van der Waals surface area (Å²) in [7, 11) is -2.42. The number of aliphatic hydroxyl groups excluding tert-OH is 1. The average Bonchev–Trinajstić information content (AvgIpc) is 3.20. The Labute approximate surface area is 325 Å². The number of aromatic nitrogens is 2. The lowest BCUT2D eigenvalue weighted by Gasteiger charge is -2.10. The number of sulfone groups is 2. The lowest BCUT2D eigenvalue weighted by Crippen LogP contribution is -2.19. The summed E-state index contributed by atoms with van der Waals surface area (Å²) in [5.74, 6) is -0.625. The van der Waals surface area contributed by atoms with E-state index < -0.39 is 19.7 Å². The number of pyridine rings is 2. The fraction of sp³-hybridized carbons (Fsp3) is 0.179. The van der Waals surface area contributed by atoms with Gasteiger partial charge in [-0.2, -0.15) is 0 Å². The first-order valence-electron chi connectivity index (χ1n) is 16.5. The van der Waals surface area contributed by atoms with Crippen molar-refractivity contribution in [3.05, 3.63) is 144 Å². The zero-order valence-electron chi connectivity index (χ0n) is 30.4. The summed E-state index contributed by atoms with van der Waals surface area (Å²) in [5.41, 5.74) is 9.19. The predicted octanol–water partition coefficient (Wildman–Crippen LogP) is 5.16. The summed E-state index contributed by atoms with van der Waals surface area (Å²) >= 11 is 5.36. The van der Waals surface area contributed by atoms with E-state index >= 15 is 0 Å². The highest BCUT2D eigenvalue weighted by atomic mass is 35.5. The van der Waals surface area contributed by atoms with Crippen molar-refractivity contribution >= 4 is 76.0 Å². The minimum Gasteiger partial charge on any atom is -0.400 e. The fourth-order valence-electron chi connectivity index (χ4n) is 4.97. The zero-order chi connectivity index (χ0) is 40.4. The Morgan fingerprint density at radius 3 is 1.64 bits per heavy atom. The number of nitrogens with two attached hydrogens (primary N) is 1. The topological polar surface area (TPSA) is 211 Å². The van der Waals surface area contributed by atoms with Crippen LogP contribution in [0, 0.1) is 0 Å². The number of alkyl halides is 1. The van der Waals surface area contributed by atoms with Gasteiger partial charge in [0, 0.05) is 79.3 Å². The van der Waals surface area contributed by atoms with Gasteiger partial charge >= 0.3 is 0 Å². The molecule has 0 unspecified atom stereocenters. The summed E-state index contributed by atoms with van der Waals surface area (Å²) in [6, 6.07) is 28.3. The number of benzene rings is 4. The number of nitrogens with zero attached hydrogens (tertiary/aromatic N) is 2. The van der Waals surface area contributed by atoms with Crippen molar-refractivity contribution in [1.82, 2.24) is 20.6 Å². The van der Waals surface area contributed by atoms with Crippen LogP contribution in [0.2, 0.25) is 0 Å². The molecule has 0 fully saturated rings. The summed E-state index contributed by atoms with van der Waals surface area (Å²) in [6.07, 6.45) is 6.85. The van der Waals surface area contributed by atoms with Gasteiger partial charge < -0.3 is 26.8 Å². The molecule has 0 atom stereocenters. The van der Waals surface area contributed by atoms with Gasteiger partial charge in [0.25, 0.3) is 11.8 Å². The Hall–Kier alpha value is -5.61. The Kier molecular flexibility index (Phi) is 17.0. The number of anilines is 2. The van der Waals surface area contributed by atoms with E-state index in [-0.39, 0.29) is 34.4 Å².